The fourth-order valence-corrected chi connectivity index (χ4v) is 5.32. The van der Waals surface area contributed by atoms with E-state index in [1.807, 2.05) is 51.1 Å². The van der Waals surface area contributed by atoms with E-state index in [1.165, 1.54) is 0 Å². The first-order valence-electron chi connectivity index (χ1n) is 9.94. The molecular formula is C24H24N2O3S. The second kappa shape index (κ2) is 7.61. The summed E-state index contributed by atoms with van der Waals surface area (Å²) in [4.78, 5) is 15.2. The molecule has 0 saturated heterocycles. The fraction of sp³-hybridized carbons (Fsp3) is 0.208. The smallest absolute Gasteiger partial charge is 0.287 e. The number of aryl methyl sites for hydroxylation is 3. The summed E-state index contributed by atoms with van der Waals surface area (Å²) >= 11 is 0. The Morgan fingerprint density at radius 1 is 0.900 bits per heavy atom. The summed E-state index contributed by atoms with van der Waals surface area (Å²) in [5.41, 5.74) is 4.96. The van der Waals surface area contributed by atoms with Crippen LogP contribution in [0, 0.1) is 13.8 Å². The maximum absolute atomic E-state index is 13.5. The lowest BCUT2D eigenvalue weighted by Crippen LogP contribution is -2.50. The number of amides is 2. The number of hydrogen-bond acceptors (Lipinski definition) is 3. The molecule has 3 aromatic rings. The Morgan fingerprint density at radius 3 is 2.30 bits per heavy atom. The van der Waals surface area contributed by atoms with E-state index in [0.29, 0.717) is 17.9 Å². The van der Waals surface area contributed by atoms with Gasteiger partial charge in [-0.1, -0.05) is 55.0 Å². The van der Waals surface area contributed by atoms with E-state index in [9.17, 15) is 13.2 Å². The van der Waals surface area contributed by atoms with Gasteiger partial charge >= 0.3 is 6.03 Å². The van der Waals surface area contributed by atoms with Gasteiger partial charge in [-0.25, -0.2) is 13.2 Å². The number of fused-ring (bicyclic) bond motifs is 1. The van der Waals surface area contributed by atoms with Gasteiger partial charge in [-0.15, -0.1) is 0 Å². The van der Waals surface area contributed by atoms with Gasteiger partial charge in [-0.2, -0.15) is 4.31 Å². The highest BCUT2D eigenvalue weighted by Crippen LogP contribution is 2.38. The van der Waals surface area contributed by atoms with Crippen LogP contribution in [0.2, 0.25) is 0 Å². The molecule has 0 N–H and O–H groups in total. The number of sulfonamides is 1. The Hall–Kier alpha value is -3.12. The number of hydrogen-bond donors (Lipinski definition) is 0. The van der Waals surface area contributed by atoms with E-state index in [-0.39, 0.29) is 4.90 Å². The number of carbonyl (C=O) groups is 1. The van der Waals surface area contributed by atoms with E-state index in [4.69, 9.17) is 0 Å². The molecule has 0 aromatic heterocycles. The summed E-state index contributed by atoms with van der Waals surface area (Å²) in [7, 11) is -4.01. The summed E-state index contributed by atoms with van der Waals surface area (Å²) < 4.78 is 27.7. The standard InChI is InChI=1S/C24H24N2O3S/c1-4-19-11-13-21(14-12-19)26-24(27)25(16-20-15-17(2)9-10-18(20)3)22-7-5-6-8-23(22)30(26,28)29/h5-15H,4,16H2,1-3H3. The van der Waals surface area contributed by atoms with Gasteiger partial charge < -0.3 is 0 Å². The maximum Gasteiger partial charge on any atom is 0.343 e. The Labute approximate surface area is 177 Å². The molecule has 1 heterocycles. The first kappa shape index (κ1) is 20.2. The molecule has 0 radical (unpaired) electrons. The van der Waals surface area contributed by atoms with Crippen molar-refractivity contribution in [2.45, 2.75) is 38.6 Å². The van der Waals surface area contributed by atoms with Crippen LogP contribution in [-0.2, 0) is 23.0 Å². The molecule has 1 aliphatic rings. The Kier molecular flexibility index (Phi) is 5.12. The number of urea groups is 1. The topological polar surface area (TPSA) is 57.7 Å². The van der Waals surface area contributed by atoms with Gasteiger partial charge in [0.15, 0.2) is 0 Å². The number of benzene rings is 3. The zero-order chi connectivity index (χ0) is 21.5. The van der Waals surface area contributed by atoms with Crippen LogP contribution in [-0.4, -0.2) is 14.4 Å². The van der Waals surface area contributed by atoms with Gasteiger partial charge in [0.25, 0.3) is 10.0 Å². The van der Waals surface area contributed by atoms with Crippen molar-refractivity contribution < 1.29 is 13.2 Å². The molecule has 0 spiro atoms. The molecule has 0 bridgehead atoms. The Morgan fingerprint density at radius 2 is 1.60 bits per heavy atom. The van der Waals surface area contributed by atoms with Gasteiger partial charge in [0.1, 0.15) is 4.90 Å². The average Bonchev–Trinajstić information content (AvgIpc) is 2.74. The zero-order valence-corrected chi connectivity index (χ0v) is 18.1. The molecule has 6 heteroatoms. The molecule has 1 aliphatic heterocycles. The third-order valence-corrected chi connectivity index (χ3v) is 7.24. The van der Waals surface area contributed by atoms with Gasteiger partial charge in [-0.3, -0.25) is 4.90 Å². The van der Waals surface area contributed by atoms with E-state index in [2.05, 4.69) is 0 Å². The van der Waals surface area contributed by atoms with E-state index in [0.717, 1.165) is 33.0 Å². The summed E-state index contributed by atoms with van der Waals surface area (Å²) in [5, 5.41) is 0. The minimum Gasteiger partial charge on any atom is -0.287 e. The second-order valence-corrected chi connectivity index (χ2v) is 9.31. The molecule has 30 heavy (non-hydrogen) atoms. The molecule has 0 fully saturated rings. The maximum atomic E-state index is 13.5. The number of para-hydroxylation sites is 1. The van der Waals surface area contributed by atoms with Crippen LogP contribution in [0.25, 0.3) is 0 Å². The van der Waals surface area contributed by atoms with Crippen molar-refractivity contribution in [2.24, 2.45) is 0 Å². The molecule has 0 saturated carbocycles. The van der Waals surface area contributed by atoms with Crippen LogP contribution < -0.4 is 9.21 Å². The highest BCUT2D eigenvalue weighted by molar-refractivity contribution is 7.94. The summed E-state index contributed by atoms with van der Waals surface area (Å²) in [6.45, 7) is 6.32. The van der Waals surface area contributed by atoms with Crippen LogP contribution in [0.3, 0.4) is 0 Å². The molecule has 2 amide bonds. The molecule has 3 aromatic carbocycles. The first-order chi connectivity index (χ1) is 14.3. The molecule has 0 unspecified atom stereocenters. The lowest BCUT2D eigenvalue weighted by atomic mass is 10.0. The number of nitrogens with zero attached hydrogens (tertiary/aromatic N) is 2. The molecule has 0 aliphatic carbocycles. The van der Waals surface area contributed by atoms with Crippen molar-refractivity contribution in [3.63, 3.8) is 0 Å². The van der Waals surface area contributed by atoms with Crippen molar-refractivity contribution in [3.8, 4) is 0 Å². The van der Waals surface area contributed by atoms with Crippen molar-refractivity contribution in [1.82, 2.24) is 0 Å². The average molecular weight is 421 g/mol. The molecule has 4 rings (SSSR count). The molecular weight excluding hydrogens is 396 g/mol. The largest absolute Gasteiger partial charge is 0.343 e. The Balaban J connectivity index is 1.86. The quantitative estimate of drug-likeness (QED) is 0.583. The normalized spacial score (nSPS) is 15.2. The van der Waals surface area contributed by atoms with E-state index in [1.54, 1.807) is 41.3 Å². The summed E-state index contributed by atoms with van der Waals surface area (Å²) in [6.07, 6.45) is 0.836. The zero-order valence-electron chi connectivity index (χ0n) is 17.3. The number of carbonyl (C=O) groups excluding carboxylic acids is 1. The third-order valence-electron chi connectivity index (χ3n) is 5.49. The molecule has 0 atom stereocenters. The number of anilines is 2. The predicted octanol–water partition coefficient (Wildman–Crippen LogP) is 5.20. The van der Waals surface area contributed by atoms with Gasteiger partial charge in [0.05, 0.1) is 17.9 Å². The lowest BCUT2D eigenvalue weighted by Gasteiger charge is -2.36. The van der Waals surface area contributed by atoms with Gasteiger partial charge in [0, 0.05) is 0 Å². The van der Waals surface area contributed by atoms with Crippen LogP contribution in [0.4, 0.5) is 16.2 Å². The Bertz CT molecular complexity index is 1220. The van der Waals surface area contributed by atoms with Crippen molar-refractivity contribution >= 4 is 27.4 Å². The predicted molar refractivity (Wildman–Crippen MR) is 119 cm³/mol. The minimum atomic E-state index is -4.01. The number of rotatable bonds is 4. The van der Waals surface area contributed by atoms with Crippen molar-refractivity contribution in [2.75, 3.05) is 9.21 Å². The molecule has 154 valence electrons. The highest BCUT2D eigenvalue weighted by Gasteiger charge is 2.42. The minimum absolute atomic E-state index is 0.134. The van der Waals surface area contributed by atoms with Crippen LogP contribution >= 0.6 is 0 Å². The lowest BCUT2D eigenvalue weighted by molar-refractivity contribution is 0.253. The SMILES string of the molecule is CCc1ccc(N2C(=O)N(Cc3cc(C)ccc3C)c3ccccc3S2(=O)=O)cc1. The molecule has 5 nitrogen and oxygen atoms in total. The summed E-state index contributed by atoms with van der Waals surface area (Å²) in [5.74, 6) is 0. The monoisotopic (exact) mass is 420 g/mol. The fourth-order valence-electron chi connectivity index (χ4n) is 3.72. The van der Waals surface area contributed by atoms with Crippen molar-refractivity contribution in [1.29, 1.82) is 0 Å². The third kappa shape index (κ3) is 3.37. The summed E-state index contributed by atoms with van der Waals surface area (Å²) in [6, 6.07) is 19.3. The van der Waals surface area contributed by atoms with Crippen LogP contribution in [0.15, 0.2) is 71.6 Å². The first-order valence-corrected chi connectivity index (χ1v) is 11.4. The highest BCUT2D eigenvalue weighted by atomic mass is 32.2. The van der Waals surface area contributed by atoms with Gasteiger partial charge in [-0.05, 0) is 61.2 Å². The second-order valence-electron chi connectivity index (χ2n) is 7.56. The van der Waals surface area contributed by atoms with Gasteiger partial charge in [0.2, 0.25) is 0 Å². The van der Waals surface area contributed by atoms with Crippen LogP contribution in [0.5, 0.6) is 0 Å². The van der Waals surface area contributed by atoms with E-state index >= 15 is 0 Å². The van der Waals surface area contributed by atoms with E-state index < -0.39 is 16.1 Å². The van der Waals surface area contributed by atoms with Crippen molar-refractivity contribution in [3.05, 3.63) is 89.0 Å². The van der Waals surface area contributed by atoms with Crippen LogP contribution in [0.1, 0.15) is 29.2 Å².